The monoisotopic (exact) mass is 480 g/mol. The van der Waals surface area contributed by atoms with Crippen LogP contribution < -0.4 is 5.56 Å². The normalized spacial score (nSPS) is 11.3. The smallest absolute Gasteiger partial charge is 0.260 e. The zero-order valence-corrected chi connectivity index (χ0v) is 19.6. The fourth-order valence-corrected chi connectivity index (χ4v) is 5.32. The van der Waals surface area contributed by atoms with Gasteiger partial charge in [0, 0.05) is 21.5 Å². The summed E-state index contributed by atoms with van der Waals surface area (Å²) in [7, 11) is 0. The maximum absolute atomic E-state index is 12.9. The molecular formula is C22H17ClN6OS2. The van der Waals surface area contributed by atoms with Gasteiger partial charge in [-0.25, -0.2) is 4.98 Å². The Morgan fingerprint density at radius 2 is 1.97 bits per heavy atom. The number of tetrazole rings is 1. The Bertz CT molecular complexity index is 1510. The van der Waals surface area contributed by atoms with E-state index in [1.165, 1.54) is 28.7 Å². The zero-order chi connectivity index (χ0) is 22.2. The molecule has 0 fully saturated rings. The summed E-state index contributed by atoms with van der Waals surface area (Å²) in [6.45, 7) is 4.12. The number of aromatic amines is 1. The number of hydrogen-bond donors (Lipinski definition) is 1. The number of hydrogen-bond acceptors (Lipinski definition) is 7. The molecule has 5 rings (SSSR count). The molecule has 3 aromatic heterocycles. The van der Waals surface area contributed by atoms with Crippen molar-refractivity contribution in [1.29, 1.82) is 0 Å². The van der Waals surface area contributed by atoms with E-state index in [0.29, 0.717) is 32.0 Å². The summed E-state index contributed by atoms with van der Waals surface area (Å²) in [6, 6.07) is 13.6. The predicted molar refractivity (Wildman–Crippen MR) is 129 cm³/mol. The first-order chi connectivity index (χ1) is 15.5. The summed E-state index contributed by atoms with van der Waals surface area (Å²) in [5.74, 6) is 0.991. The average Bonchev–Trinajstić information content (AvgIpc) is 3.42. The number of fused-ring (bicyclic) bond motifs is 1. The number of H-pyrrole nitrogens is 1. The highest BCUT2D eigenvalue weighted by molar-refractivity contribution is 7.98. The van der Waals surface area contributed by atoms with Gasteiger partial charge < -0.3 is 4.98 Å². The maximum atomic E-state index is 12.9. The highest BCUT2D eigenvalue weighted by atomic mass is 35.5. The lowest BCUT2D eigenvalue weighted by molar-refractivity contribution is 0.755. The molecule has 32 heavy (non-hydrogen) atoms. The van der Waals surface area contributed by atoms with E-state index in [1.807, 2.05) is 47.8 Å². The largest absolute Gasteiger partial charge is 0.309 e. The molecule has 3 heterocycles. The fourth-order valence-electron chi connectivity index (χ4n) is 3.36. The zero-order valence-electron chi connectivity index (χ0n) is 17.2. The van der Waals surface area contributed by atoms with Gasteiger partial charge in [0.2, 0.25) is 5.16 Å². The van der Waals surface area contributed by atoms with Crippen LogP contribution in [0.15, 0.2) is 57.8 Å². The Morgan fingerprint density at radius 3 is 2.78 bits per heavy atom. The number of benzene rings is 2. The summed E-state index contributed by atoms with van der Waals surface area (Å²) in [5, 5.41) is 15.8. The third-order valence-corrected chi connectivity index (χ3v) is 7.30. The van der Waals surface area contributed by atoms with Gasteiger partial charge in [0.1, 0.15) is 10.7 Å². The minimum Gasteiger partial charge on any atom is -0.309 e. The number of rotatable bonds is 5. The summed E-state index contributed by atoms with van der Waals surface area (Å²) in [5.41, 5.74) is 4.69. The van der Waals surface area contributed by atoms with Crippen molar-refractivity contribution in [3.63, 3.8) is 0 Å². The van der Waals surface area contributed by atoms with Crippen molar-refractivity contribution in [2.24, 2.45) is 0 Å². The molecule has 10 heteroatoms. The van der Waals surface area contributed by atoms with E-state index in [1.54, 1.807) is 4.68 Å². The first-order valence-corrected chi connectivity index (χ1v) is 12.0. The van der Waals surface area contributed by atoms with E-state index in [0.717, 1.165) is 22.4 Å². The Labute approximate surface area is 196 Å². The Morgan fingerprint density at radius 1 is 1.12 bits per heavy atom. The second-order valence-corrected chi connectivity index (χ2v) is 9.46. The molecule has 5 aromatic rings. The lowest BCUT2D eigenvalue weighted by Gasteiger charge is -2.07. The van der Waals surface area contributed by atoms with Gasteiger partial charge >= 0.3 is 0 Å². The number of thioether (sulfide) groups is 1. The highest BCUT2D eigenvalue weighted by Gasteiger charge is 2.16. The van der Waals surface area contributed by atoms with Crippen LogP contribution in [0.25, 0.3) is 27.0 Å². The van der Waals surface area contributed by atoms with E-state index >= 15 is 0 Å². The number of aromatic nitrogens is 6. The molecule has 0 atom stereocenters. The molecular weight excluding hydrogens is 464 g/mol. The molecule has 0 bridgehead atoms. The predicted octanol–water partition coefficient (Wildman–Crippen LogP) is 5.19. The van der Waals surface area contributed by atoms with Crippen LogP contribution in [0, 0.1) is 13.8 Å². The molecule has 0 unspecified atom stereocenters. The van der Waals surface area contributed by atoms with Crippen molar-refractivity contribution in [3.05, 3.63) is 80.2 Å². The molecule has 0 saturated carbocycles. The van der Waals surface area contributed by atoms with Crippen LogP contribution in [0.3, 0.4) is 0 Å². The van der Waals surface area contributed by atoms with Crippen LogP contribution in [0.4, 0.5) is 0 Å². The molecule has 0 saturated heterocycles. The summed E-state index contributed by atoms with van der Waals surface area (Å²) < 4.78 is 1.69. The van der Waals surface area contributed by atoms with Gasteiger partial charge in [-0.3, -0.25) is 4.79 Å². The van der Waals surface area contributed by atoms with Crippen LogP contribution in [0.5, 0.6) is 0 Å². The van der Waals surface area contributed by atoms with Crippen molar-refractivity contribution in [2.75, 3.05) is 0 Å². The van der Waals surface area contributed by atoms with Crippen LogP contribution in [0.1, 0.15) is 17.0 Å². The van der Waals surface area contributed by atoms with Crippen molar-refractivity contribution in [3.8, 4) is 16.8 Å². The number of nitrogens with zero attached hydrogens (tertiary/aromatic N) is 5. The van der Waals surface area contributed by atoms with Gasteiger partial charge in [0.25, 0.3) is 5.56 Å². The first kappa shape index (κ1) is 20.9. The first-order valence-electron chi connectivity index (χ1n) is 9.75. The third kappa shape index (κ3) is 3.83. The molecule has 0 aliphatic carbocycles. The summed E-state index contributed by atoms with van der Waals surface area (Å²) in [4.78, 5) is 21.1. The molecule has 0 radical (unpaired) electrons. The Hall–Kier alpha value is -3.01. The molecule has 0 amide bonds. The molecule has 0 spiro atoms. The Balaban J connectivity index is 1.43. The minimum absolute atomic E-state index is 0.185. The van der Waals surface area contributed by atoms with Crippen molar-refractivity contribution in [2.45, 2.75) is 24.8 Å². The number of thiophene rings is 1. The summed E-state index contributed by atoms with van der Waals surface area (Å²) >= 11 is 9.18. The SMILES string of the molecule is Cc1ccc(-n2nnnc2SCc2nc3scc(-c4ccccc4Cl)c3c(=O)[nH]2)cc1C. The molecule has 1 N–H and O–H groups in total. The standard InChI is InChI=1S/C22H17ClN6OS2/c1-12-7-8-14(9-13(12)2)29-22(26-27-28-29)32-11-18-24-20(30)19-16(10-31-21(19)25-18)15-5-3-4-6-17(15)23/h3-10H,11H2,1-2H3,(H,24,25,30). The van der Waals surface area contributed by atoms with Crippen LogP contribution in [0.2, 0.25) is 5.02 Å². The molecule has 7 nitrogen and oxygen atoms in total. The van der Waals surface area contributed by atoms with Crippen molar-refractivity contribution < 1.29 is 0 Å². The van der Waals surface area contributed by atoms with Gasteiger partial charge in [0.15, 0.2) is 0 Å². The van der Waals surface area contributed by atoms with Crippen LogP contribution in [-0.2, 0) is 5.75 Å². The highest BCUT2D eigenvalue weighted by Crippen LogP contribution is 2.35. The van der Waals surface area contributed by atoms with E-state index in [2.05, 4.69) is 39.3 Å². The van der Waals surface area contributed by atoms with Crippen LogP contribution >= 0.6 is 34.7 Å². The summed E-state index contributed by atoms with van der Waals surface area (Å²) in [6.07, 6.45) is 0. The van der Waals surface area contributed by atoms with Gasteiger partial charge in [0.05, 0.1) is 16.8 Å². The second kappa shape index (κ2) is 8.50. The number of halogens is 1. The van der Waals surface area contributed by atoms with Crippen molar-refractivity contribution in [1.82, 2.24) is 30.2 Å². The number of nitrogens with one attached hydrogen (secondary N) is 1. The van der Waals surface area contributed by atoms with Gasteiger partial charge in [-0.15, -0.1) is 16.4 Å². The minimum atomic E-state index is -0.185. The topological polar surface area (TPSA) is 89.3 Å². The van der Waals surface area contributed by atoms with E-state index in [-0.39, 0.29) is 5.56 Å². The van der Waals surface area contributed by atoms with Crippen molar-refractivity contribution >= 4 is 44.9 Å². The van der Waals surface area contributed by atoms with E-state index in [9.17, 15) is 4.79 Å². The second-order valence-electron chi connectivity index (χ2n) is 7.25. The number of aryl methyl sites for hydroxylation is 2. The van der Waals surface area contributed by atoms with Gasteiger partial charge in [-0.1, -0.05) is 47.6 Å². The molecule has 0 aliphatic heterocycles. The lowest BCUT2D eigenvalue weighted by Crippen LogP contribution is -2.11. The quantitative estimate of drug-likeness (QED) is 0.348. The molecule has 0 aliphatic rings. The molecule has 2 aromatic carbocycles. The van der Waals surface area contributed by atoms with Crippen LogP contribution in [-0.4, -0.2) is 30.2 Å². The Kier molecular flexibility index (Phi) is 5.54. The molecule has 160 valence electrons. The van der Waals surface area contributed by atoms with E-state index < -0.39 is 0 Å². The van der Waals surface area contributed by atoms with E-state index in [4.69, 9.17) is 11.6 Å². The van der Waals surface area contributed by atoms with Gasteiger partial charge in [-0.05, 0) is 53.6 Å². The fraction of sp³-hybridized carbons (Fsp3) is 0.136. The lowest BCUT2D eigenvalue weighted by atomic mass is 10.1. The third-order valence-electron chi connectivity index (χ3n) is 5.17. The van der Waals surface area contributed by atoms with Gasteiger partial charge in [-0.2, -0.15) is 4.68 Å². The average molecular weight is 481 g/mol. The maximum Gasteiger partial charge on any atom is 0.260 e.